The third-order valence-corrected chi connectivity index (χ3v) is 3.63. The van der Waals surface area contributed by atoms with Gasteiger partial charge >= 0.3 is 5.97 Å². The van der Waals surface area contributed by atoms with Crippen LogP contribution in [0.25, 0.3) is 0 Å². The molecular formula is C11H14N2O3S. The number of carbonyl (C=O) groups is 2. The average Bonchev–Trinajstić information content (AvgIpc) is 2.81. The fourth-order valence-corrected chi connectivity index (χ4v) is 2.58. The first-order valence-corrected chi connectivity index (χ1v) is 6.32. The summed E-state index contributed by atoms with van der Waals surface area (Å²) in [5.41, 5.74) is 0. The molecule has 0 bridgehead atoms. The fraction of sp³-hybridized carbons (Fsp3) is 0.455. The van der Waals surface area contributed by atoms with Crippen LogP contribution >= 0.6 is 11.3 Å². The smallest absolute Gasteiger partial charge is 0.327 e. The maximum Gasteiger partial charge on any atom is 0.327 e. The standard InChI is InChI=1S/C11H14N2O3S/c14-10(6-8-2-1-5-17-8)13-4-3-12-7-9(13)11(15)16/h1-2,5,9,12H,3-4,6-7H2,(H,15,16). The van der Waals surface area contributed by atoms with Crippen molar-refractivity contribution < 1.29 is 14.7 Å². The molecule has 1 aromatic heterocycles. The van der Waals surface area contributed by atoms with Crippen LogP contribution in [0, 0.1) is 0 Å². The molecule has 0 radical (unpaired) electrons. The Morgan fingerprint density at radius 1 is 1.59 bits per heavy atom. The van der Waals surface area contributed by atoms with Crippen molar-refractivity contribution in [2.24, 2.45) is 0 Å². The quantitative estimate of drug-likeness (QED) is 0.807. The molecule has 1 atom stereocenters. The van der Waals surface area contributed by atoms with E-state index in [4.69, 9.17) is 5.11 Å². The zero-order valence-electron chi connectivity index (χ0n) is 9.26. The van der Waals surface area contributed by atoms with E-state index in [9.17, 15) is 9.59 Å². The number of carboxylic acids is 1. The number of hydrogen-bond acceptors (Lipinski definition) is 4. The number of amides is 1. The summed E-state index contributed by atoms with van der Waals surface area (Å²) in [5.74, 6) is -1.06. The number of carboxylic acid groups (broad SMARTS) is 1. The normalized spacial score (nSPS) is 20.2. The summed E-state index contributed by atoms with van der Waals surface area (Å²) in [6.45, 7) is 1.44. The maximum absolute atomic E-state index is 12.0. The van der Waals surface area contributed by atoms with Crippen molar-refractivity contribution in [1.82, 2.24) is 10.2 Å². The Morgan fingerprint density at radius 2 is 2.41 bits per heavy atom. The predicted octanol–water partition coefficient (Wildman–Crippen LogP) is 0.176. The number of hydrogen-bond donors (Lipinski definition) is 2. The van der Waals surface area contributed by atoms with Gasteiger partial charge in [0.1, 0.15) is 6.04 Å². The van der Waals surface area contributed by atoms with Crippen molar-refractivity contribution in [2.45, 2.75) is 12.5 Å². The van der Waals surface area contributed by atoms with E-state index in [1.54, 1.807) is 0 Å². The number of rotatable bonds is 3. The molecule has 6 heteroatoms. The predicted molar refractivity (Wildman–Crippen MR) is 64.0 cm³/mol. The molecule has 0 saturated carbocycles. The molecule has 5 nitrogen and oxygen atoms in total. The van der Waals surface area contributed by atoms with Crippen molar-refractivity contribution in [2.75, 3.05) is 19.6 Å². The Labute approximate surface area is 103 Å². The highest BCUT2D eigenvalue weighted by Crippen LogP contribution is 2.13. The zero-order chi connectivity index (χ0) is 12.3. The van der Waals surface area contributed by atoms with Crippen LogP contribution < -0.4 is 5.32 Å². The second-order valence-electron chi connectivity index (χ2n) is 3.90. The lowest BCUT2D eigenvalue weighted by Crippen LogP contribution is -2.57. The summed E-state index contributed by atoms with van der Waals surface area (Å²) in [6, 6.07) is 3.04. The van der Waals surface area contributed by atoms with Crippen molar-refractivity contribution in [3.8, 4) is 0 Å². The summed E-state index contributed by atoms with van der Waals surface area (Å²) in [7, 11) is 0. The first kappa shape index (κ1) is 12.1. The third kappa shape index (κ3) is 2.83. The van der Waals surface area contributed by atoms with Gasteiger partial charge in [0.25, 0.3) is 0 Å². The Hall–Kier alpha value is -1.40. The van der Waals surface area contributed by atoms with E-state index in [0.717, 1.165) is 4.88 Å². The minimum Gasteiger partial charge on any atom is -0.480 e. The van der Waals surface area contributed by atoms with Crippen LogP contribution in [-0.2, 0) is 16.0 Å². The SMILES string of the molecule is O=C(O)C1CNCCN1C(=O)Cc1cccs1. The molecule has 1 aromatic rings. The van der Waals surface area contributed by atoms with Crippen molar-refractivity contribution in [3.63, 3.8) is 0 Å². The van der Waals surface area contributed by atoms with E-state index >= 15 is 0 Å². The molecule has 0 aliphatic carbocycles. The Balaban J connectivity index is 2.03. The Bertz CT molecular complexity index is 405. The van der Waals surface area contributed by atoms with Crippen molar-refractivity contribution in [3.05, 3.63) is 22.4 Å². The van der Waals surface area contributed by atoms with E-state index in [1.165, 1.54) is 16.2 Å². The summed E-state index contributed by atoms with van der Waals surface area (Å²) in [6.07, 6.45) is 0.293. The molecule has 0 spiro atoms. The fourth-order valence-electron chi connectivity index (χ4n) is 1.89. The van der Waals surface area contributed by atoms with Crippen LogP contribution in [0.15, 0.2) is 17.5 Å². The molecule has 2 N–H and O–H groups in total. The van der Waals surface area contributed by atoms with E-state index in [2.05, 4.69) is 5.32 Å². The summed E-state index contributed by atoms with van der Waals surface area (Å²) in [5, 5.41) is 14.0. The van der Waals surface area contributed by atoms with Gasteiger partial charge in [-0.15, -0.1) is 11.3 Å². The monoisotopic (exact) mass is 254 g/mol. The number of nitrogens with zero attached hydrogens (tertiary/aromatic N) is 1. The topological polar surface area (TPSA) is 69.6 Å². The summed E-state index contributed by atoms with van der Waals surface area (Å²) in [4.78, 5) is 25.5. The second-order valence-corrected chi connectivity index (χ2v) is 4.93. The number of nitrogens with one attached hydrogen (secondary N) is 1. The zero-order valence-corrected chi connectivity index (χ0v) is 10.1. The summed E-state index contributed by atoms with van der Waals surface area (Å²) < 4.78 is 0. The Morgan fingerprint density at radius 3 is 3.06 bits per heavy atom. The van der Waals surface area contributed by atoms with Crippen LogP contribution in [0.5, 0.6) is 0 Å². The molecule has 1 saturated heterocycles. The van der Waals surface area contributed by atoms with Gasteiger partial charge in [0.15, 0.2) is 0 Å². The molecule has 2 rings (SSSR count). The maximum atomic E-state index is 12.0. The van der Waals surface area contributed by atoms with Crippen LogP contribution in [0.1, 0.15) is 4.88 Å². The van der Waals surface area contributed by atoms with Gasteiger partial charge in [-0.1, -0.05) is 6.07 Å². The van der Waals surface area contributed by atoms with Gasteiger partial charge in [-0.2, -0.15) is 0 Å². The van der Waals surface area contributed by atoms with E-state index in [1.807, 2.05) is 17.5 Å². The minimum absolute atomic E-state index is 0.110. The molecule has 1 amide bonds. The molecule has 1 aliphatic rings. The molecule has 1 unspecified atom stereocenters. The second kappa shape index (κ2) is 5.29. The molecule has 0 aromatic carbocycles. The average molecular weight is 254 g/mol. The van der Waals surface area contributed by atoms with Crippen molar-refractivity contribution in [1.29, 1.82) is 0 Å². The molecule has 2 heterocycles. The summed E-state index contributed by atoms with van der Waals surface area (Å²) >= 11 is 1.51. The van der Waals surface area contributed by atoms with E-state index in [-0.39, 0.29) is 5.91 Å². The van der Waals surface area contributed by atoms with Gasteiger partial charge in [0.05, 0.1) is 6.42 Å². The minimum atomic E-state index is -0.947. The number of carbonyl (C=O) groups excluding carboxylic acids is 1. The van der Waals surface area contributed by atoms with E-state index in [0.29, 0.717) is 26.1 Å². The van der Waals surface area contributed by atoms with Crippen LogP contribution in [-0.4, -0.2) is 47.6 Å². The lowest BCUT2D eigenvalue weighted by atomic mass is 10.1. The first-order valence-electron chi connectivity index (χ1n) is 5.44. The molecule has 92 valence electrons. The van der Waals surface area contributed by atoms with Gasteiger partial charge < -0.3 is 15.3 Å². The number of piperazine rings is 1. The number of thiophene rings is 1. The number of aliphatic carboxylic acids is 1. The molecule has 1 aliphatic heterocycles. The molecule has 17 heavy (non-hydrogen) atoms. The third-order valence-electron chi connectivity index (χ3n) is 2.75. The molecule has 1 fully saturated rings. The van der Waals surface area contributed by atoms with Gasteiger partial charge in [0, 0.05) is 24.5 Å². The highest BCUT2D eigenvalue weighted by molar-refractivity contribution is 7.10. The highest BCUT2D eigenvalue weighted by Gasteiger charge is 2.31. The van der Waals surface area contributed by atoms with Crippen LogP contribution in [0.4, 0.5) is 0 Å². The van der Waals surface area contributed by atoms with Crippen LogP contribution in [0.2, 0.25) is 0 Å². The van der Waals surface area contributed by atoms with E-state index < -0.39 is 12.0 Å². The molecular weight excluding hydrogens is 240 g/mol. The van der Waals surface area contributed by atoms with Gasteiger partial charge in [0.2, 0.25) is 5.91 Å². The van der Waals surface area contributed by atoms with Gasteiger partial charge in [-0.05, 0) is 11.4 Å². The highest BCUT2D eigenvalue weighted by atomic mass is 32.1. The lowest BCUT2D eigenvalue weighted by molar-refractivity contribution is -0.150. The van der Waals surface area contributed by atoms with Crippen LogP contribution in [0.3, 0.4) is 0 Å². The first-order chi connectivity index (χ1) is 8.18. The lowest BCUT2D eigenvalue weighted by Gasteiger charge is -2.33. The Kier molecular flexibility index (Phi) is 3.75. The van der Waals surface area contributed by atoms with Gasteiger partial charge in [-0.25, -0.2) is 4.79 Å². The van der Waals surface area contributed by atoms with Gasteiger partial charge in [-0.3, -0.25) is 4.79 Å². The van der Waals surface area contributed by atoms with Crippen molar-refractivity contribution >= 4 is 23.2 Å². The largest absolute Gasteiger partial charge is 0.480 e.